The Kier molecular flexibility index (Phi) is 6.38. The lowest BCUT2D eigenvalue weighted by Crippen LogP contribution is -2.26. The average molecular weight is 251 g/mol. The van der Waals surface area contributed by atoms with Gasteiger partial charge in [0, 0.05) is 12.5 Å². The second-order valence-corrected chi connectivity index (χ2v) is 4.04. The van der Waals surface area contributed by atoms with Gasteiger partial charge in [-0.25, -0.2) is 0 Å². The highest BCUT2D eigenvalue weighted by Gasteiger charge is 2.12. The quantitative estimate of drug-likeness (QED) is 0.837. The molecule has 7 heteroatoms. The number of anilines is 1. The maximum absolute atomic E-state index is 11.4. The van der Waals surface area contributed by atoms with Gasteiger partial charge in [-0.05, 0) is 6.42 Å². The van der Waals surface area contributed by atoms with E-state index in [1.54, 1.807) is 6.92 Å². The van der Waals surface area contributed by atoms with Gasteiger partial charge in [-0.2, -0.15) is 0 Å². The van der Waals surface area contributed by atoms with Crippen LogP contribution < -0.4 is 11.1 Å². The Morgan fingerprint density at radius 1 is 1.60 bits per heavy atom. The van der Waals surface area contributed by atoms with Crippen LogP contribution in [0.25, 0.3) is 0 Å². The summed E-state index contributed by atoms with van der Waals surface area (Å²) in [5.74, 6) is -0.296. The Bertz CT molecular complexity index is 317. The van der Waals surface area contributed by atoms with Crippen molar-refractivity contribution < 1.29 is 4.79 Å². The molecule has 1 aromatic rings. The third kappa shape index (κ3) is 4.11. The minimum Gasteiger partial charge on any atom is -0.330 e. The molecule has 0 aliphatic heterocycles. The minimum absolute atomic E-state index is 0. The highest BCUT2D eigenvalue weighted by molar-refractivity contribution is 7.15. The predicted molar refractivity (Wildman–Crippen MR) is 63.4 cm³/mol. The second-order valence-electron chi connectivity index (χ2n) is 2.98. The molecule has 0 spiro atoms. The third-order valence-corrected chi connectivity index (χ3v) is 2.78. The largest absolute Gasteiger partial charge is 0.330 e. The van der Waals surface area contributed by atoms with E-state index in [9.17, 15) is 4.79 Å². The fourth-order valence-corrected chi connectivity index (χ4v) is 1.47. The SMILES string of the molecule is CCc1nnc(NC(=O)C(C)CN)s1.Cl. The molecular weight excluding hydrogens is 236 g/mol. The van der Waals surface area contributed by atoms with Crippen LogP contribution in [0.4, 0.5) is 5.13 Å². The first-order chi connectivity index (χ1) is 6.67. The van der Waals surface area contributed by atoms with E-state index < -0.39 is 0 Å². The summed E-state index contributed by atoms with van der Waals surface area (Å²) in [5, 5.41) is 11.9. The van der Waals surface area contributed by atoms with Gasteiger partial charge in [0.25, 0.3) is 0 Å². The highest BCUT2D eigenvalue weighted by Crippen LogP contribution is 2.15. The molecule has 0 radical (unpaired) electrons. The Morgan fingerprint density at radius 2 is 2.27 bits per heavy atom. The van der Waals surface area contributed by atoms with Crippen LogP contribution in [0.5, 0.6) is 0 Å². The molecule has 0 aliphatic rings. The van der Waals surface area contributed by atoms with E-state index >= 15 is 0 Å². The van der Waals surface area contributed by atoms with Crippen molar-refractivity contribution in [2.24, 2.45) is 11.7 Å². The summed E-state index contributed by atoms with van der Waals surface area (Å²) >= 11 is 1.39. The number of hydrogen-bond donors (Lipinski definition) is 2. The van der Waals surface area contributed by atoms with Crippen molar-refractivity contribution in [1.29, 1.82) is 0 Å². The topological polar surface area (TPSA) is 80.9 Å². The molecule has 15 heavy (non-hydrogen) atoms. The average Bonchev–Trinajstić information content (AvgIpc) is 2.64. The number of rotatable bonds is 4. The third-order valence-electron chi connectivity index (χ3n) is 1.80. The van der Waals surface area contributed by atoms with Crippen molar-refractivity contribution in [1.82, 2.24) is 10.2 Å². The van der Waals surface area contributed by atoms with Gasteiger partial charge in [0.1, 0.15) is 5.01 Å². The number of carbonyl (C=O) groups excluding carboxylic acids is 1. The molecule has 0 saturated carbocycles. The molecule has 1 heterocycles. The summed E-state index contributed by atoms with van der Waals surface area (Å²) < 4.78 is 0. The van der Waals surface area contributed by atoms with E-state index in [2.05, 4.69) is 15.5 Å². The maximum Gasteiger partial charge on any atom is 0.230 e. The lowest BCUT2D eigenvalue weighted by molar-refractivity contribution is -0.119. The Balaban J connectivity index is 0.00000196. The Morgan fingerprint density at radius 3 is 2.73 bits per heavy atom. The van der Waals surface area contributed by atoms with Gasteiger partial charge in [-0.3, -0.25) is 4.79 Å². The van der Waals surface area contributed by atoms with Gasteiger partial charge in [-0.1, -0.05) is 25.2 Å². The van der Waals surface area contributed by atoms with Crippen molar-refractivity contribution in [2.75, 3.05) is 11.9 Å². The number of amides is 1. The molecule has 0 aromatic carbocycles. The number of hydrogen-bond acceptors (Lipinski definition) is 5. The molecule has 1 aromatic heterocycles. The first-order valence-corrected chi connectivity index (χ1v) is 5.32. The number of carbonyl (C=O) groups is 1. The summed E-state index contributed by atoms with van der Waals surface area (Å²) in [6.07, 6.45) is 0.833. The molecule has 86 valence electrons. The number of aryl methyl sites for hydroxylation is 1. The van der Waals surface area contributed by atoms with Crippen LogP contribution in [0, 0.1) is 5.92 Å². The van der Waals surface area contributed by atoms with Gasteiger partial charge in [0.05, 0.1) is 0 Å². The van der Waals surface area contributed by atoms with Crippen molar-refractivity contribution in [3.63, 3.8) is 0 Å². The molecule has 1 unspecified atom stereocenters. The molecule has 0 saturated heterocycles. The van der Waals surface area contributed by atoms with Gasteiger partial charge >= 0.3 is 0 Å². The number of aromatic nitrogens is 2. The minimum atomic E-state index is -0.191. The van der Waals surface area contributed by atoms with E-state index in [4.69, 9.17) is 5.73 Å². The predicted octanol–water partition coefficient (Wildman–Crippen LogP) is 1.06. The fourth-order valence-electron chi connectivity index (χ4n) is 0.783. The number of nitrogens with one attached hydrogen (secondary N) is 1. The van der Waals surface area contributed by atoms with Gasteiger partial charge < -0.3 is 11.1 Å². The maximum atomic E-state index is 11.4. The lowest BCUT2D eigenvalue weighted by atomic mass is 10.2. The lowest BCUT2D eigenvalue weighted by Gasteiger charge is -2.05. The van der Waals surface area contributed by atoms with E-state index in [1.807, 2.05) is 6.92 Å². The van der Waals surface area contributed by atoms with E-state index in [0.29, 0.717) is 11.7 Å². The monoisotopic (exact) mass is 250 g/mol. The van der Waals surface area contributed by atoms with Crippen molar-refractivity contribution in [3.05, 3.63) is 5.01 Å². The zero-order valence-electron chi connectivity index (χ0n) is 8.69. The van der Waals surface area contributed by atoms with Gasteiger partial charge in [0.2, 0.25) is 11.0 Å². The van der Waals surface area contributed by atoms with E-state index in [-0.39, 0.29) is 24.2 Å². The standard InChI is InChI=1S/C8H14N4OS.ClH/c1-3-6-11-12-8(14-6)10-7(13)5(2)4-9;/h5H,3-4,9H2,1-2H3,(H,10,12,13);1H. The summed E-state index contributed by atoms with van der Waals surface area (Å²) in [5.41, 5.74) is 5.36. The molecule has 5 nitrogen and oxygen atoms in total. The molecular formula is C8H15ClN4OS. The van der Waals surface area contributed by atoms with Crippen LogP contribution in [-0.4, -0.2) is 22.6 Å². The number of nitrogens with two attached hydrogens (primary N) is 1. The van der Waals surface area contributed by atoms with Gasteiger partial charge in [0.15, 0.2) is 0 Å². The molecule has 3 N–H and O–H groups in total. The van der Waals surface area contributed by atoms with Crippen LogP contribution in [-0.2, 0) is 11.2 Å². The van der Waals surface area contributed by atoms with Crippen molar-refractivity contribution in [3.8, 4) is 0 Å². The first kappa shape index (κ1) is 14.3. The van der Waals surface area contributed by atoms with Crippen LogP contribution >= 0.6 is 23.7 Å². The van der Waals surface area contributed by atoms with Crippen LogP contribution in [0.3, 0.4) is 0 Å². The Hall–Kier alpha value is -0.720. The molecule has 0 bridgehead atoms. The molecule has 1 atom stereocenters. The summed E-state index contributed by atoms with van der Waals surface area (Å²) in [6.45, 7) is 4.11. The van der Waals surface area contributed by atoms with Crippen molar-refractivity contribution in [2.45, 2.75) is 20.3 Å². The summed E-state index contributed by atoms with van der Waals surface area (Å²) in [6, 6.07) is 0. The number of halogens is 1. The smallest absolute Gasteiger partial charge is 0.230 e. The normalized spacial score (nSPS) is 11.7. The van der Waals surface area contributed by atoms with Crippen LogP contribution in [0.2, 0.25) is 0 Å². The zero-order valence-corrected chi connectivity index (χ0v) is 10.3. The van der Waals surface area contributed by atoms with Gasteiger partial charge in [-0.15, -0.1) is 22.6 Å². The summed E-state index contributed by atoms with van der Waals surface area (Å²) in [4.78, 5) is 11.4. The molecule has 1 rings (SSSR count). The second kappa shape index (κ2) is 6.71. The van der Waals surface area contributed by atoms with Crippen LogP contribution in [0.15, 0.2) is 0 Å². The highest BCUT2D eigenvalue weighted by atomic mass is 35.5. The van der Waals surface area contributed by atoms with Crippen LogP contribution in [0.1, 0.15) is 18.9 Å². The zero-order chi connectivity index (χ0) is 10.6. The van der Waals surface area contributed by atoms with Crippen molar-refractivity contribution >= 4 is 34.8 Å². The summed E-state index contributed by atoms with van der Waals surface area (Å²) in [7, 11) is 0. The molecule has 1 amide bonds. The molecule has 0 aliphatic carbocycles. The first-order valence-electron chi connectivity index (χ1n) is 4.50. The molecule has 0 fully saturated rings. The Labute approximate surface area is 98.9 Å². The van der Waals surface area contributed by atoms with E-state index in [0.717, 1.165) is 11.4 Å². The van der Waals surface area contributed by atoms with E-state index in [1.165, 1.54) is 11.3 Å². The number of nitrogens with zero attached hydrogens (tertiary/aromatic N) is 2. The fraction of sp³-hybridized carbons (Fsp3) is 0.625.